The van der Waals surface area contributed by atoms with Gasteiger partial charge in [0.05, 0.1) is 39.0 Å². The minimum atomic E-state index is -1.03. The fourth-order valence-corrected chi connectivity index (χ4v) is 3.04. The molecule has 1 aliphatic heterocycles. The summed E-state index contributed by atoms with van der Waals surface area (Å²) in [6.45, 7) is 2.79. The van der Waals surface area contributed by atoms with Crippen molar-refractivity contribution in [3.63, 3.8) is 0 Å². The number of morpholine rings is 1. The molecule has 2 aromatic heterocycles. The number of aromatic nitrogens is 4. The van der Waals surface area contributed by atoms with Crippen LogP contribution in [-0.2, 0) is 31.9 Å². The van der Waals surface area contributed by atoms with E-state index in [-0.39, 0.29) is 17.7 Å². The lowest BCUT2D eigenvalue weighted by Gasteiger charge is -2.26. The molecule has 2 N–H and O–H groups in total. The second kappa shape index (κ2) is 7.08. The van der Waals surface area contributed by atoms with Crippen LogP contribution in [0.5, 0.6) is 0 Å². The Kier molecular flexibility index (Phi) is 5.04. The molecule has 1 saturated heterocycles. The zero-order valence-electron chi connectivity index (χ0n) is 14.4. The maximum Gasteiger partial charge on any atom is 0.332 e. The number of aliphatic hydroxyl groups is 2. The van der Waals surface area contributed by atoms with Crippen LogP contribution in [0.3, 0.4) is 0 Å². The molecule has 25 heavy (non-hydrogen) atoms. The first-order chi connectivity index (χ1) is 11.9. The Morgan fingerprint density at radius 2 is 1.88 bits per heavy atom. The minimum absolute atomic E-state index is 0.0279. The van der Waals surface area contributed by atoms with Crippen LogP contribution in [0, 0.1) is 0 Å². The Labute approximate surface area is 143 Å². The van der Waals surface area contributed by atoms with Gasteiger partial charge in [-0.1, -0.05) is 0 Å². The van der Waals surface area contributed by atoms with Gasteiger partial charge in [-0.3, -0.25) is 18.8 Å². The highest BCUT2D eigenvalue weighted by atomic mass is 16.5. The van der Waals surface area contributed by atoms with Crippen molar-refractivity contribution in [2.75, 3.05) is 32.9 Å². The van der Waals surface area contributed by atoms with Crippen molar-refractivity contribution in [3.05, 3.63) is 26.7 Å². The summed E-state index contributed by atoms with van der Waals surface area (Å²) in [4.78, 5) is 31.4. The molecule has 0 aliphatic carbocycles. The van der Waals surface area contributed by atoms with E-state index in [4.69, 9.17) is 4.74 Å². The Morgan fingerprint density at radius 3 is 2.52 bits per heavy atom. The predicted octanol–water partition coefficient (Wildman–Crippen LogP) is -2.38. The Hall–Kier alpha value is -2.01. The van der Waals surface area contributed by atoms with Crippen LogP contribution >= 0.6 is 0 Å². The third kappa shape index (κ3) is 3.25. The number of aliphatic hydroxyl groups excluding tert-OH is 2. The average Bonchev–Trinajstić information content (AvgIpc) is 2.97. The molecule has 0 amide bonds. The number of rotatable bonds is 5. The number of ether oxygens (including phenoxy) is 1. The van der Waals surface area contributed by atoms with Crippen molar-refractivity contribution in [1.82, 2.24) is 23.6 Å². The number of hydrogen-bond donors (Lipinski definition) is 2. The van der Waals surface area contributed by atoms with Gasteiger partial charge in [-0.2, -0.15) is 0 Å². The van der Waals surface area contributed by atoms with Gasteiger partial charge >= 0.3 is 5.69 Å². The summed E-state index contributed by atoms with van der Waals surface area (Å²) < 4.78 is 9.28. The molecule has 0 aromatic carbocycles. The summed E-state index contributed by atoms with van der Waals surface area (Å²) in [5, 5.41) is 19.1. The lowest BCUT2D eigenvalue weighted by Crippen LogP contribution is -2.38. The molecule has 1 fully saturated rings. The molecule has 1 aliphatic rings. The number of imidazole rings is 1. The van der Waals surface area contributed by atoms with Gasteiger partial charge in [0.25, 0.3) is 5.56 Å². The molecule has 0 spiro atoms. The lowest BCUT2D eigenvalue weighted by atomic mass is 10.3. The van der Waals surface area contributed by atoms with Crippen LogP contribution in [0.15, 0.2) is 9.59 Å². The Balaban J connectivity index is 2.15. The van der Waals surface area contributed by atoms with Crippen LogP contribution in [0.25, 0.3) is 11.2 Å². The fourth-order valence-electron chi connectivity index (χ4n) is 3.04. The van der Waals surface area contributed by atoms with Gasteiger partial charge in [0.2, 0.25) is 0 Å². The molecular formula is C15H23N5O5. The molecule has 10 heteroatoms. The monoisotopic (exact) mass is 353 g/mol. The molecule has 0 bridgehead atoms. The molecule has 3 rings (SSSR count). The van der Waals surface area contributed by atoms with Gasteiger partial charge in [0.15, 0.2) is 11.2 Å². The highest BCUT2D eigenvalue weighted by Crippen LogP contribution is 2.15. The standard InChI is InChI=1S/C15H23N5O5/c1-17-13-12(14(23)18(2)15(17)24)20(7-10(22)9-21)11(16-13)8-19-3-5-25-6-4-19/h10,21-22H,3-9H2,1-2H3/t10-/m1/s1. The van der Waals surface area contributed by atoms with Crippen LogP contribution < -0.4 is 11.2 Å². The summed E-state index contributed by atoms with van der Waals surface area (Å²) in [5.41, 5.74) is -0.395. The second-order valence-electron chi connectivity index (χ2n) is 6.24. The van der Waals surface area contributed by atoms with Gasteiger partial charge in [-0.15, -0.1) is 0 Å². The second-order valence-corrected chi connectivity index (χ2v) is 6.24. The smallest absolute Gasteiger partial charge is 0.332 e. The van der Waals surface area contributed by atoms with Gasteiger partial charge in [-0.05, 0) is 0 Å². The van der Waals surface area contributed by atoms with Crippen molar-refractivity contribution in [2.45, 2.75) is 19.2 Å². The number of fused-ring (bicyclic) bond motifs is 1. The van der Waals surface area contributed by atoms with Crippen molar-refractivity contribution in [3.8, 4) is 0 Å². The summed E-state index contributed by atoms with van der Waals surface area (Å²) in [6.07, 6.45) is -1.03. The van der Waals surface area contributed by atoms with E-state index in [0.717, 1.165) is 17.7 Å². The van der Waals surface area contributed by atoms with Crippen molar-refractivity contribution in [2.24, 2.45) is 14.1 Å². The first-order valence-corrected chi connectivity index (χ1v) is 8.18. The van der Waals surface area contributed by atoms with Gasteiger partial charge in [0, 0.05) is 27.2 Å². The van der Waals surface area contributed by atoms with Crippen molar-refractivity contribution < 1.29 is 14.9 Å². The third-order valence-electron chi connectivity index (χ3n) is 4.50. The number of aryl methyl sites for hydroxylation is 1. The first-order valence-electron chi connectivity index (χ1n) is 8.18. The van der Waals surface area contributed by atoms with E-state index in [1.165, 1.54) is 11.6 Å². The summed E-state index contributed by atoms with van der Waals surface area (Å²) in [7, 11) is 2.97. The van der Waals surface area contributed by atoms with Gasteiger partial charge in [-0.25, -0.2) is 9.78 Å². The molecule has 0 radical (unpaired) electrons. The number of hydrogen-bond acceptors (Lipinski definition) is 7. The highest BCUT2D eigenvalue weighted by molar-refractivity contribution is 5.71. The zero-order valence-corrected chi connectivity index (χ0v) is 14.4. The van der Waals surface area contributed by atoms with E-state index in [1.54, 1.807) is 11.6 Å². The van der Waals surface area contributed by atoms with Crippen LogP contribution in [0.1, 0.15) is 5.82 Å². The summed E-state index contributed by atoms with van der Waals surface area (Å²) in [5.74, 6) is 0.572. The normalized spacial score (nSPS) is 17.3. The van der Waals surface area contributed by atoms with Crippen LogP contribution in [0.4, 0.5) is 0 Å². The van der Waals surface area contributed by atoms with E-state index in [9.17, 15) is 19.8 Å². The molecule has 0 unspecified atom stereocenters. The summed E-state index contributed by atoms with van der Waals surface area (Å²) >= 11 is 0. The maximum atomic E-state index is 12.6. The maximum absolute atomic E-state index is 12.6. The molecule has 0 saturated carbocycles. The highest BCUT2D eigenvalue weighted by Gasteiger charge is 2.22. The van der Waals surface area contributed by atoms with E-state index < -0.39 is 24.0 Å². The molecule has 2 aromatic rings. The Morgan fingerprint density at radius 1 is 1.20 bits per heavy atom. The zero-order chi connectivity index (χ0) is 18.1. The SMILES string of the molecule is Cn1c(=O)c2c(nc(CN3CCOCC3)n2C[C@@H](O)CO)n(C)c1=O. The molecular weight excluding hydrogens is 330 g/mol. The van der Waals surface area contributed by atoms with E-state index >= 15 is 0 Å². The van der Waals surface area contributed by atoms with E-state index in [2.05, 4.69) is 9.88 Å². The molecule has 3 heterocycles. The Bertz CT molecular complexity index is 877. The van der Waals surface area contributed by atoms with Crippen LogP contribution in [0.2, 0.25) is 0 Å². The largest absolute Gasteiger partial charge is 0.394 e. The molecule has 138 valence electrons. The van der Waals surface area contributed by atoms with Crippen LogP contribution in [-0.4, -0.2) is 72.8 Å². The fraction of sp³-hybridized carbons (Fsp3) is 0.667. The topological polar surface area (TPSA) is 115 Å². The molecule has 10 nitrogen and oxygen atoms in total. The van der Waals surface area contributed by atoms with E-state index in [0.29, 0.717) is 25.6 Å². The lowest BCUT2D eigenvalue weighted by molar-refractivity contribution is 0.0318. The van der Waals surface area contributed by atoms with Crippen molar-refractivity contribution >= 4 is 11.2 Å². The molecule has 1 atom stereocenters. The minimum Gasteiger partial charge on any atom is -0.394 e. The summed E-state index contributed by atoms with van der Waals surface area (Å²) in [6, 6.07) is 0. The quantitative estimate of drug-likeness (QED) is 0.617. The average molecular weight is 353 g/mol. The predicted molar refractivity (Wildman–Crippen MR) is 89.4 cm³/mol. The van der Waals surface area contributed by atoms with Gasteiger partial charge < -0.3 is 19.5 Å². The third-order valence-corrected chi connectivity index (χ3v) is 4.50. The van der Waals surface area contributed by atoms with Crippen molar-refractivity contribution in [1.29, 1.82) is 0 Å². The van der Waals surface area contributed by atoms with Gasteiger partial charge in [0.1, 0.15) is 5.82 Å². The van der Waals surface area contributed by atoms with E-state index in [1.807, 2.05) is 0 Å². The first kappa shape index (κ1) is 17.8. The number of nitrogens with zero attached hydrogens (tertiary/aromatic N) is 5.